The summed E-state index contributed by atoms with van der Waals surface area (Å²) in [4.78, 5) is 7.70. The molecule has 3 N–H and O–H groups in total. The summed E-state index contributed by atoms with van der Waals surface area (Å²) in [6.07, 6.45) is 4.13. The van der Waals surface area contributed by atoms with Crippen molar-refractivity contribution in [1.29, 1.82) is 0 Å². The molecule has 7 nitrogen and oxygen atoms in total. The van der Waals surface area contributed by atoms with E-state index in [9.17, 15) is 13.5 Å². The van der Waals surface area contributed by atoms with Crippen LogP contribution in [0.2, 0.25) is 0 Å². The monoisotopic (exact) mass is 423 g/mol. The molecule has 0 unspecified atom stereocenters. The van der Waals surface area contributed by atoms with Gasteiger partial charge in [-0.1, -0.05) is 24.4 Å². The molecule has 0 saturated heterocycles. The van der Waals surface area contributed by atoms with Crippen molar-refractivity contribution in [3.05, 3.63) is 53.9 Å². The van der Waals surface area contributed by atoms with Crippen LogP contribution in [-0.2, 0) is 10.0 Å². The Morgan fingerprint density at radius 2 is 2.11 bits per heavy atom. The van der Waals surface area contributed by atoms with Crippen molar-refractivity contribution in [2.24, 2.45) is 0 Å². The Morgan fingerprint density at radius 1 is 1.43 bits per heavy atom. The number of rotatable bonds is 10. The van der Waals surface area contributed by atoms with Gasteiger partial charge in [-0.2, -0.15) is 0 Å². The number of aryl methyl sites for hydroxylation is 1. The molecule has 0 radical (unpaired) electrons. The molecule has 0 aliphatic heterocycles. The predicted molar refractivity (Wildman–Crippen MR) is 114 cm³/mol. The maximum Gasteiger partial charge on any atom is 0.229 e. The second-order valence-corrected chi connectivity index (χ2v) is 9.08. The summed E-state index contributed by atoms with van der Waals surface area (Å²) in [5, 5.41) is 10.9. The first kappa shape index (κ1) is 22.1. The zero-order chi connectivity index (χ0) is 20.7. The average Bonchev–Trinajstić information content (AvgIpc) is 2.97. The molecule has 28 heavy (non-hydrogen) atoms. The SMILES string of the molecule is C=C/C(C)=C\c1nc(SC[C@H](O)COc2ccc(NS(C)(=O)=O)cc2)[nH]c1C. The fourth-order valence-electron chi connectivity index (χ4n) is 2.18. The van der Waals surface area contributed by atoms with Crippen molar-refractivity contribution >= 4 is 33.5 Å². The van der Waals surface area contributed by atoms with E-state index in [1.54, 1.807) is 30.3 Å². The van der Waals surface area contributed by atoms with Crippen molar-refractivity contribution in [1.82, 2.24) is 9.97 Å². The van der Waals surface area contributed by atoms with E-state index < -0.39 is 16.1 Å². The summed E-state index contributed by atoms with van der Waals surface area (Å²) in [5.41, 5.74) is 3.29. The highest BCUT2D eigenvalue weighted by atomic mass is 32.2. The fraction of sp³-hybridized carbons (Fsp3) is 0.316. The summed E-state index contributed by atoms with van der Waals surface area (Å²) < 4.78 is 30.3. The highest BCUT2D eigenvalue weighted by Gasteiger charge is 2.10. The van der Waals surface area contributed by atoms with Gasteiger partial charge in [0.25, 0.3) is 0 Å². The molecule has 0 bridgehead atoms. The lowest BCUT2D eigenvalue weighted by molar-refractivity contribution is 0.126. The molecule has 1 heterocycles. The maximum absolute atomic E-state index is 11.2. The third-order valence-corrected chi connectivity index (χ3v) is 5.22. The van der Waals surface area contributed by atoms with Crippen LogP contribution in [0.3, 0.4) is 0 Å². The van der Waals surface area contributed by atoms with Crippen LogP contribution in [0, 0.1) is 6.92 Å². The highest BCUT2D eigenvalue weighted by Crippen LogP contribution is 2.20. The number of aliphatic hydroxyl groups is 1. The molecular formula is C19H25N3O4S2. The first-order chi connectivity index (χ1) is 13.2. The number of anilines is 1. The Morgan fingerprint density at radius 3 is 2.71 bits per heavy atom. The second-order valence-electron chi connectivity index (χ2n) is 6.32. The smallest absolute Gasteiger partial charge is 0.229 e. The Labute approximate surface area is 170 Å². The van der Waals surface area contributed by atoms with Crippen molar-refractivity contribution in [3.8, 4) is 5.75 Å². The molecule has 1 aromatic carbocycles. The largest absolute Gasteiger partial charge is 0.491 e. The van der Waals surface area contributed by atoms with Gasteiger partial charge in [0.2, 0.25) is 10.0 Å². The first-order valence-electron chi connectivity index (χ1n) is 8.55. The normalized spacial score (nSPS) is 13.2. The van der Waals surface area contributed by atoms with E-state index >= 15 is 0 Å². The van der Waals surface area contributed by atoms with Crippen molar-refractivity contribution < 1.29 is 18.3 Å². The van der Waals surface area contributed by atoms with Crippen molar-refractivity contribution in [2.45, 2.75) is 25.1 Å². The highest BCUT2D eigenvalue weighted by molar-refractivity contribution is 7.99. The number of aromatic nitrogens is 2. The third-order valence-electron chi connectivity index (χ3n) is 3.60. The van der Waals surface area contributed by atoms with Gasteiger partial charge in [0.05, 0.1) is 18.1 Å². The number of H-pyrrole nitrogens is 1. The second kappa shape index (κ2) is 9.81. The van der Waals surface area contributed by atoms with E-state index in [4.69, 9.17) is 4.74 Å². The Hall–Kier alpha value is -2.23. The number of hydrogen-bond donors (Lipinski definition) is 3. The molecule has 0 aliphatic carbocycles. The van der Waals surface area contributed by atoms with Crippen LogP contribution in [0.1, 0.15) is 18.3 Å². The number of hydrogen-bond acceptors (Lipinski definition) is 6. The molecule has 0 fully saturated rings. The number of aliphatic hydroxyl groups excluding tert-OH is 1. The van der Waals surface area contributed by atoms with Crippen molar-refractivity contribution in [3.63, 3.8) is 0 Å². The van der Waals surface area contributed by atoms with E-state index in [0.29, 0.717) is 17.2 Å². The zero-order valence-electron chi connectivity index (χ0n) is 16.1. The molecule has 0 amide bonds. The van der Waals surface area contributed by atoms with Crippen LogP contribution < -0.4 is 9.46 Å². The number of ether oxygens (including phenoxy) is 1. The molecule has 1 atom stereocenters. The lowest BCUT2D eigenvalue weighted by atomic mass is 10.2. The Balaban J connectivity index is 1.82. The number of thioether (sulfide) groups is 1. The molecule has 1 aromatic heterocycles. The van der Waals surface area contributed by atoms with Gasteiger partial charge in [0.15, 0.2) is 5.16 Å². The molecule has 0 aliphatic rings. The van der Waals surface area contributed by atoms with Gasteiger partial charge in [0, 0.05) is 17.1 Å². The summed E-state index contributed by atoms with van der Waals surface area (Å²) >= 11 is 1.41. The number of aromatic amines is 1. The van der Waals surface area contributed by atoms with E-state index in [1.165, 1.54) is 11.8 Å². The van der Waals surface area contributed by atoms with Gasteiger partial charge in [-0.05, 0) is 49.8 Å². The predicted octanol–water partition coefficient (Wildman–Crippen LogP) is 3.21. The summed E-state index contributed by atoms with van der Waals surface area (Å²) in [7, 11) is -3.31. The van der Waals surface area contributed by atoms with Crippen LogP contribution >= 0.6 is 11.8 Å². The maximum atomic E-state index is 11.2. The molecule has 2 rings (SSSR count). The van der Waals surface area contributed by atoms with E-state index in [0.717, 1.165) is 28.4 Å². The Kier molecular flexibility index (Phi) is 7.73. The summed E-state index contributed by atoms with van der Waals surface area (Å²) in [6.45, 7) is 7.75. The number of nitrogens with one attached hydrogen (secondary N) is 2. The van der Waals surface area contributed by atoms with Crippen molar-refractivity contribution in [2.75, 3.05) is 23.3 Å². The quantitative estimate of drug-likeness (QED) is 0.400. The molecule has 9 heteroatoms. The molecule has 0 spiro atoms. The topological polar surface area (TPSA) is 104 Å². The lowest BCUT2D eigenvalue weighted by Crippen LogP contribution is -2.20. The van der Waals surface area contributed by atoms with Gasteiger partial charge >= 0.3 is 0 Å². The Bertz CT molecular complexity index is 935. The number of nitrogens with zero attached hydrogens (tertiary/aromatic N) is 1. The summed E-state index contributed by atoms with van der Waals surface area (Å²) in [6, 6.07) is 6.49. The number of imidazole rings is 1. The van der Waals surface area contributed by atoms with Gasteiger partial charge in [0.1, 0.15) is 12.4 Å². The minimum atomic E-state index is -3.31. The van der Waals surface area contributed by atoms with Crippen LogP contribution in [0.15, 0.2) is 47.6 Å². The average molecular weight is 424 g/mol. The number of allylic oxidation sites excluding steroid dienone is 2. The van der Waals surface area contributed by atoms with Gasteiger partial charge in [-0.25, -0.2) is 13.4 Å². The molecule has 152 valence electrons. The third kappa shape index (κ3) is 7.41. The number of benzene rings is 1. The zero-order valence-corrected chi connectivity index (χ0v) is 17.7. The molecule has 0 saturated carbocycles. The van der Waals surface area contributed by atoms with Gasteiger partial charge < -0.3 is 14.8 Å². The van der Waals surface area contributed by atoms with E-state index in [-0.39, 0.29) is 6.61 Å². The minimum Gasteiger partial charge on any atom is -0.491 e. The van der Waals surface area contributed by atoms with Crippen LogP contribution in [0.25, 0.3) is 6.08 Å². The molecular weight excluding hydrogens is 398 g/mol. The first-order valence-corrected chi connectivity index (χ1v) is 11.4. The lowest BCUT2D eigenvalue weighted by Gasteiger charge is -2.12. The van der Waals surface area contributed by atoms with E-state index in [2.05, 4.69) is 21.3 Å². The standard InChI is InChI=1S/C19H25N3O4S2/c1-5-13(2)10-18-14(3)20-19(21-18)27-12-16(23)11-26-17-8-6-15(7-9-17)22-28(4,24)25/h5-10,16,22-23H,1,11-12H2,2-4H3,(H,20,21)/b13-10-/t16-/m1/s1. The van der Waals surface area contributed by atoms with Crippen LogP contribution in [0.4, 0.5) is 5.69 Å². The molecule has 2 aromatic rings. The van der Waals surface area contributed by atoms with Gasteiger partial charge in [-0.3, -0.25) is 4.72 Å². The number of sulfonamides is 1. The summed E-state index contributed by atoms with van der Waals surface area (Å²) in [5.74, 6) is 0.967. The minimum absolute atomic E-state index is 0.119. The fourth-order valence-corrected chi connectivity index (χ4v) is 3.58. The van der Waals surface area contributed by atoms with Crippen LogP contribution in [-0.4, -0.2) is 48.2 Å². The van der Waals surface area contributed by atoms with E-state index in [1.807, 2.05) is 19.9 Å². The van der Waals surface area contributed by atoms with Crippen LogP contribution in [0.5, 0.6) is 5.75 Å². The van der Waals surface area contributed by atoms with Gasteiger partial charge in [-0.15, -0.1) is 0 Å².